The zero-order valence-corrected chi connectivity index (χ0v) is 17.7. The fourth-order valence-corrected chi connectivity index (χ4v) is 3.12. The smallest absolute Gasteiger partial charge is 0.322 e. The number of nitrogens with one attached hydrogen (secondary N) is 1. The van der Waals surface area contributed by atoms with E-state index in [1.54, 1.807) is 18.2 Å². The standard InChI is InChI=1S/C19H18ClN7O5/c1-30-19-23-17(22-18(24-19)26-6-8-31-9-7-26)25-21-11-13-3-5-16(32-13)12-2-4-14(20)15(10-12)27(28)29/h2-5,10-11H,6-9H2,1H3,(H,22,23,24,25)/b21-11+. The number of anilines is 2. The van der Waals surface area contributed by atoms with E-state index in [0.717, 1.165) is 0 Å². The number of nitro benzene ring substituents is 1. The van der Waals surface area contributed by atoms with Gasteiger partial charge >= 0.3 is 6.01 Å². The molecule has 1 saturated heterocycles. The van der Waals surface area contributed by atoms with Crippen LogP contribution in [0, 0.1) is 10.1 Å². The summed E-state index contributed by atoms with van der Waals surface area (Å²) in [6, 6.07) is 7.95. The Morgan fingerprint density at radius 2 is 2.06 bits per heavy atom. The lowest BCUT2D eigenvalue weighted by Crippen LogP contribution is -2.37. The molecule has 1 fully saturated rings. The van der Waals surface area contributed by atoms with E-state index in [2.05, 4.69) is 25.5 Å². The first-order valence-corrected chi connectivity index (χ1v) is 9.87. The summed E-state index contributed by atoms with van der Waals surface area (Å²) in [4.78, 5) is 25.3. The van der Waals surface area contributed by atoms with Crippen LogP contribution in [-0.4, -0.2) is 59.5 Å². The number of hydrogen-bond acceptors (Lipinski definition) is 11. The zero-order valence-electron chi connectivity index (χ0n) is 16.9. The van der Waals surface area contributed by atoms with E-state index in [1.165, 1.54) is 25.5 Å². The van der Waals surface area contributed by atoms with Gasteiger partial charge in [-0.15, -0.1) is 0 Å². The summed E-state index contributed by atoms with van der Waals surface area (Å²) in [6.45, 7) is 2.50. The number of benzene rings is 1. The van der Waals surface area contributed by atoms with Crippen molar-refractivity contribution in [2.24, 2.45) is 5.10 Å². The second-order valence-electron chi connectivity index (χ2n) is 6.54. The SMILES string of the molecule is COc1nc(N/N=C/c2ccc(-c3ccc(Cl)c([N+](=O)[O-])c3)o2)nc(N2CCOCC2)n1. The summed E-state index contributed by atoms with van der Waals surface area (Å²) in [5.41, 5.74) is 3.05. The van der Waals surface area contributed by atoms with Gasteiger partial charge < -0.3 is 18.8 Å². The van der Waals surface area contributed by atoms with Gasteiger partial charge in [0.15, 0.2) is 0 Å². The van der Waals surface area contributed by atoms with Crippen LogP contribution in [0.15, 0.2) is 39.9 Å². The highest BCUT2D eigenvalue weighted by atomic mass is 35.5. The number of morpholine rings is 1. The number of nitrogens with zero attached hydrogens (tertiary/aromatic N) is 6. The molecule has 0 saturated carbocycles. The minimum Gasteiger partial charge on any atom is -0.467 e. The molecule has 3 aromatic rings. The van der Waals surface area contributed by atoms with E-state index < -0.39 is 4.92 Å². The van der Waals surface area contributed by atoms with E-state index >= 15 is 0 Å². The predicted molar refractivity (Wildman–Crippen MR) is 116 cm³/mol. The average Bonchev–Trinajstić information content (AvgIpc) is 3.28. The largest absolute Gasteiger partial charge is 0.467 e. The normalized spacial score (nSPS) is 14.0. The van der Waals surface area contributed by atoms with Gasteiger partial charge in [-0.25, -0.2) is 5.43 Å². The van der Waals surface area contributed by atoms with Crippen molar-refractivity contribution in [3.05, 3.63) is 51.2 Å². The lowest BCUT2D eigenvalue weighted by Gasteiger charge is -2.26. The summed E-state index contributed by atoms with van der Waals surface area (Å²) in [6.07, 6.45) is 1.43. The first kappa shape index (κ1) is 21.5. The molecule has 12 nitrogen and oxygen atoms in total. The minimum absolute atomic E-state index is 0.0560. The third kappa shape index (κ3) is 4.92. The monoisotopic (exact) mass is 459 g/mol. The maximum absolute atomic E-state index is 11.1. The Kier molecular flexibility index (Phi) is 6.42. The summed E-state index contributed by atoms with van der Waals surface area (Å²) < 4.78 is 16.2. The molecule has 1 aliphatic rings. The Hall–Kier alpha value is -3.77. The van der Waals surface area contributed by atoms with Gasteiger partial charge in [-0.1, -0.05) is 11.6 Å². The fraction of sp³-hybridized carbons (Fsp3) is 0.263. The highest BCUT2D eigenvalue weighted by Crippen LogP contribution is 2.31. The topological polar surface area (TPSA) is 141 Å². The van der Waals surface area contributed by atoms with Crippen molar-refractivity contribution in [2.75, 3.05) is 43.7 Å². The highest BCUT2D eigenvalue weighted by Gasteiger charge is 2.17. The average molecular weight is 460 g/mol. The van der Waals surface area contributed by atoms with Crippen molar-refractivity contribution < 1.29 is 18.8 Å². The summed E-state index contributed by atoms with van der Waals surface area (Å²) in [5, 5.41) is 15.2. The summed E-state index contributed by atoms with van der Waals surface area (Å²) >= 11 is 5.86. The minimum atomic E-state index is -0.546. The Labute approximate surface area is 187 Å². The Morgan fingerprint density at radius 3 is 2.81 bits per heavy atom. The molecular weight excluding hydrogens is 442 g/mol. The van der Waals surface area contributed by atoms with E-state index in [1.807, 2.05) is 4.90 Å². The van der Waals surface area contributed by atoms with Crippen molar-refractivity contribution in [2.45, 2.75) is 0 Å². The van der Waals surface area contributed by atoms with Crippen LogP contribution in [0.5, 0.6) is 6.01 Å². The first-order chi connectivity index (χ1) is 15.5. The Morgan fingerprint density at radius 1 is 1.25 bits per heavy atom. The lowest BCUT2D eigenvalue weighted by atomic mass is 10.1. The molecule has 0 radical (unpaired) electrons. The van der Waals surface area contributed by atoms with Crippen LogP contribution in [0.1, 0.15) is 5.76 Å². The van der Waals surface area contributed by atoms with Crippen LogP contribution < -0.4 is 15.1 Å². The van der Waals surface area contributed by atoms with Gasteiger partial charge in [0.05, 0.1) is 31.5 Å². The maximum atomic E-state index is 11.1. The molecule has 1 N–H and O–H groups in total. The number of rotatable bonds is 7. The van der Waals surface area contributed by atoms with Crippen LogP contribution in [0.4, 0.5) is 17.6 Å². The highest BCUT2D eigenvalue weighted by molar-refractivity contribution is 6.32. The van der Waals surface area contributed by atoms with Gasteiger partial charge in [0, 0.05) is 24.7 Å². The van der Waals surface area contributed by atoms with Crippen LogP contribution in [0.25, 0.3) is 11.3 Å². The lowest BCUT2D eigenvalue weighted by molar-refractivity contribution is -0.384. The second kappa shape index (κ2) is 9.58. The third-order valence-electron chi connectivity index (χ3n) is 4.49. The second-order valence-corrected chi connectivity index (χ2v) is 6.95. The molecule has 1 aromatic carbocycles. The van der Waals surface area contributed by atoms with Gasteiger partial charge in [-0.05, 0) is 24.3 Å². The molecule has 32 heavy (non-hydrogen) atoms. The van der Waals surface area contributed by atoms with Gasteiger partial charge in [-0.2, -0.15) is 20.1 Å². The molecule has 0 atom stereocenters. The molecular formula is C19H18ClN7O5. The van der Waals surface area contributed by atoms with E-state index in [-0.39, 0.29) is 22.7 Å². The number of nitro groups is 1. The van der Waals surface area contributed by atoms with Gasteiger partial charge in [0.25, 0.3) is 11.6 Å². The fourth-order valence-electron chi connectivity index (χ4n) is 2.93. The van der Waals surface area contributed by atoms with E-state index in [0.29, 0.717) is 49.3 Å². The Balaban J connectivity index is 1.48. The molecule has 0 aliphatic carbocycles. The molecule has 3 heterocycles. The number of methoxy groups -OCH3 is 1. The van der Waals surface area contributed by atoms with Crippen LogP contribution in [0.3, 0.4) is 0 Å². The van der Waals surface area contributed by atoms with Crippen molar-refractivity contribution in [3.63, 3.8) is 0 Å². The Bertz CT molecular complexity index is 1150. The van der Waals surface area contributed by atoms with Crippen LogP contribution in [0.2, 0.25) is 5.02 Å². The number of furan rings is 1. The maximum Gasteiger partial charge on any atom is 0.322 e. The van der Waals surface area contributed by atoms with Crippen LogP contribution >= 0.6 is 11.6 Å². The molecule has 4 rings (SSSR count). The molecule has 166 valence electrons. The van der Waals surface area contributed by atoms with E-state index in [4.69, 9.17) is 25.5 Å². The number of aromatic nitrogens is 3. The molecule has 0 unspecified atom stereocenters. The molecule has 0 amide bonds. The molecule has 13 heteroatoms. The van der Waals surface area contributed by atoms with Crippen molar-refractivity contribution in [1.29, 1.82) is 0 Å². The van der Waals surface area contributed by atoms with Gasteiger partial charge in [-0.3, -0.25) is 10.1 Å². The van der Waals surface area contributed by atoms with Gasteiger partial charge in [0.2, 0.25) is 5.95 Å². The predicted octanol–water partition coefficient (Wildman–Crippen LogP) is 2.98. The van der Waals surface area contributed by atoms with Crippen molar-refractivity contribution >= 4 is 35.4 Å². The molecule has 2 aromatic heterocycles. The van der Waals surface area contributed by atoms with E-state index in [9.17, 15) is 10.1 Å². The number of hydrazone groups is 1. The van der Waals surface area contributed by atoms with Crippen molar-refractivity contribution in [1.82, 2.24) is 15.0 Å². The zero-order chi connectivity index (χ0) is 22.5. The van der Waals surface area contributed by atoms with Crippen LogP contribution in [-0.2, 0) is 4.74 Å². The van der Waals surface area contributed by atoms with Crippen molar-refractivity contribution in [3.8, 4) is 17.3 Å². The summed E-state index contributed by atoms with van der Waals surface area (Å²) in [7, 11) is 1.47. The number of ether oxygens (including phenoxy) is 2. The quantitative estimate of drug-likeness (QED) is 0.318. The first-order valence-electron chi connectivity index (χ1n) is 9.49. The summed E-state index contributed by atoms with van der Waals surface area (Å²) in [5.74, 6) is 1.51. The molecule has 1 aliphatic heterocycles. The van der Waals surface area contributed by atoms with Gasteiger partial charge in [0.1, 0.15) is 16.5 Å². The number of hydrogen-bond donors (Lipinski definition) is 1. The molecule has 0 bridgehead atoms. The number of halogens is 1. The molecule has 0 spiro atoms. The third-order valence-corrected chi connectivity index (χ3v) is 4.81.